The van der Waals surface area contributed by atoms with Gasteiger partial charge in [-0.3, -0.25) is 9.69 Å². The van der Waals surface area contributed by atoms with Crippen LogP contribution < -0.4 is 5.32 Å². The highest BCUT2D eigenvalue weighted by Gasteiger charge is 2.12. The van der Waals surface area contributed by atoms with Gasteiger partial charge >= 0.3 is 0 Å². The van der Waals surface area contributed by atoms with E-state index in [1.807, 2.05) is 42.5 Å². The van der Waals surface area contributed by atoms with Crippen molar-refractivity contribution in [2.24, 2.45) is 0 Å². The van der Waals surface area contributed by atoms with Crippen molar-refractivity contribution in [2.45, 2.75) is 18.2 Å². The van der Waals surface area contributed by atoms with Crippen LogP contribution in [0.25, 0.3) is 0 Å². The van der Waals surface area contributed by atoms with Crippen LogP contribution in [0, 0.1) is 0 Å². The van der Waals surface area contributed by atoms with Crippen LogP contribution in [0.3, 0.4) is 0 Å². The van der Waals surface area contributed by atoms with Crippen molar-refractivity contribution < 1.29 is 9.53 Å². The van der Waals surface area contributed by atoms with Crippen LogP contribution in [0.4, 0.5) is 5.69 Å². The summed E-state index contributed by atoms with van der Waals surface area (Å²) >= 11 is 1.32. The fraction of sp³-hybridized carbons (Fsp3) is 0.333. The van der Waals surface area contributed by atoms with Crippen LogP contribution in [0.1, 0.15) is 11.1 Å². The van der Waals surface area contributed by atoms with Gasteiger partial charge in [0.25, 0.3) is 0 Å². The van der Waals surface area contributed by atoms with E-state index in [9.17, 15) is 4.79 Å². The zero-order valence-corrected chi connectivity index (χ0v) is 17.4. The lowest BCUT2D eigenvalue weighted by molar-refractivity contribution is -0.113. The lowest BCUT2D eigenvalue weighted by Crippen LogP contribution is -2.35. The second kappa shape index (κ2) is 10.3. The molecule has 1 N–H and O–H groups in total. The number of amides is 1. The quantitative estimate of drug-likeness (QED) is 0.555. The summed E-state index contributed by atoms with van der Waals surface area (Å²) in [6.07, 6.45) is 0. The minimum atomic E-state index is -0.0878. The Morgan fingerprint density at radius 1 is 1.00 bits per heavy atom. The molecule has 1 fully saturated rings. The predicted molar refractivity (Wildman–Crippen MR) is 115 cm³/mol. The summed E-state index contributed by atoms with van der Waals surface area (Å²) in [6.45, 7) is 4.97. The van der Waals surface area contributed by atoms with Crippen molar-refractivity contribution in [3.63, 3.8) is 0 Å². The van der Waals surface area contributed by atoms with E-state index < -0.39 is 0 Å². The average Bonchev–Trinajstić information content (AvgIpc) is 3.22. The van der Waals surface area contributed by atoms with Crippen molar-refractivity contribution >= 4 is 23.4 Å². The van der Waals surface area contributed by atoms with E-state index in [1.54, 1.807) is 4.68 Å². The Labute approximate surface area is 179 Å². The van der Waals surface area contributed by atoms with Crippen molar-refractivity contribution in [1.29, 1.82) is 0 Å². The number of anilines is 1. The standard InChI is InChI=1S/C21H24N6O2S/c28-20(16-30-21-23-24-25-27(21)15-17-4-2-1-3-5-17)22-19-8-6-18(7-9-19)14-26-10-12-29-13-11-26/h1-9H,10-16H2,(H,22,28). The van der Waals surface area contributed by atoms with E-state index in [2.05, 4.69) is 37.9 Å². The largest absolute Gasteiger partial charge is 0.379 e. The first kappa shape index (κ1) is 20.5. The number of rotatable bonds is 8. The highest BCUT2D eigenvalue weighted by Crippen LogP contribution is 2.17. The first-order valence-corrected chi connectivity index (χ1v) is 10.9. The summed E-state index contributed by atoms with van der Waals surface area (Å²) in [5.74, 6) is 0.153. The number of carbonyl (C=O) groups is 1. The predicted octanol–water partition coefficient (Wildman–Crippen LogP) is 2.28. The van der Waals surface area contributed by atoms with Crippen molar-refractivity contribution in [3.05, 3.63) is 65.7 Å². The molecule has 1 amide bonds. The zero-order chi connectivity index (χ0) is 20.6. The third-order valence-corrected chi connectivity index (χ3v) is 5.71. The SMILES string of the molecule is O=C(CSc1nnnn1Cc1ccccc1)Nc1ccc(CN2CCOCC2)cc1. The monoisotopic (exact) mass is 424 g/mol. The van der Waals surface area contributed by atoms with E-state index in [4.69, 9.17) is 4.74 Å². The molecule has 156 valence electrons. The molecule has 2 heterocycles. The summed E-state index contributed by atoms with van der Waals surface area (Å²) < 4.78 is 7.08. The second-order valence-electron chi connectivity index (χ2n) is 7.03. The van der Waals surface area contributed by atoms with E-state index in [0.29, 0.717) is 11.7 Å². The van der Waals surface area contributed by atoms with Gasteiger partial charge in [0.15, 0.2) is 0 Å². The summed E-state index contributed by atoms with van der Waals surface area (Å²) in [5, 5.41) is 15.3. The van der Waals surface area contributed by atoms with Gasteiger partial charge in [0.1, 0.15) is 0 Å². The van der Waals surface area contributed by atoms with Crippen LogP contribution in [0.2, 0.25) is 0 Å². The number of carbonyl (C=O) groups excluding carboxylic acids is 1. The Hall–Kier alpha value is -2.75. The second-order valence-corrected chi connectivity index (χ2v) is 7.97. The van der Waals surface area contributed by atoms with Gasteiger partial charge in [-0.15, -0.1) is 5.10 Å². The van der Waals surface area contributed by atoms with Crippen LogP contribution >= 0.6 is 11.8 Å². The number of nitrogens with one attached hydrogen (secondary N) is 1. The summed E-state index contributed by atoms with van der Waals surface area (Å²) in [4.78, 5) is 14.7. The number of thioether (sulfide) groups is 1. The Kier molecular flexibility index (Phi) is 7.07. The van der Waals surface area contributed by atoms with Gasteiger partial charge in [0, 0.05) is 25.3 Å². The molecule has 0 spiro atoms. The lowest BCUT2D eigenvalue weighted by Gasteiger charge is -2.26. The zero-order valence-electron chi connectivity index (χ0n) is 16.6. The number of hydrogen-bond donors (Lipinski definition) is 1. The number of tetrazole rings is 1. The van der Waals surface area contributed by atoms with Crippen molar-refractivity contribution in [2.75, 3.05) is 37.4 Å². The molecule has 30 heavy (non-hydrogen) atoms. The number of ether oxygens (including phenoxy) is 1. The molecular weight excluding hydrogens is 400 g/mol. The van der Waals surface area contributed by atoms with Gasteiger partial charge in [-0.2, -0.15) is 0 Å². The van der Waals surface area contributed by atoms with Gasteiger partial charge in [0.2, 0.25) is 11.1 Å². The average molecular weight is 425 g/mol. The summed E-state index contributed by atoms with van der Waals surface area (Å²) in [5.41, 5.74) is 3.12. The molecule has 3 aromatic rings. The normalized spacial score (nSPS) is 14.5. The van der Waals surface area contributed by atoms with E-state index in [0.717, 1.165) is 44.1 Å². The molecule has 0 atom stereocenters. The van der Waals surface area contributed by atoms with E-state index in [-0.39, 0.29) is 11.7 Å². The summed E-state index contributed by atoms with van der Waals surface area (Å²) in [6, 6.07) is 18.0. The van der Waals surface area contributed by atoms with Crippen LogP contribution in [-0.4, -0.2) is 63.1 Å². The highest BCUT2D eigenvalue weighted by atomic mass is 32.2. The number of hydrogen-bond acceptors (Lipinski definition) is 7. The number of nitrogens with zero attached hydrogens (tertiary/aromatic N) is 5. The van der Waals surface area contributed by atoms with Crippen LogP contribution in [0.15, 0.2) is 59.8 Å². The Morgan fingerprint density at radius 2 is 1.73 bits per heavy atom. The third kappa shape index (κ3) is 5.88. The molecule has 1 aliphatic rings. The smallest absolute Gasteiger partial charge is 0.234 e. The van der Waals surface area contributed by atoms with Gasteiger partial charge in [-0.1, -0.05) is 54.2 Å². The molecule has 9 heteroatoms. The number of benzene rings is 2. The van der Waals surface area contributed by atoms with E-state index >= 15 is 0 Å². The number of morpholine rings is 1. The fourth-order valence-electron chi connectivity index (χ4n) is 3.19. The van der Waals surface area contributed by atoms with Crippen molar-refractivity contribution in [3.8, 4) is 0 Å². The first-order chi connectivity index (χ1) is 14.8. The van der Waals surface area contributed by atoms with Crippen LogP contribution in [-0.2, 0) is 22.6 Å². The molecule has 1 aromatic heterocycles. The van der Waals surface area contributed by atoms with Gasteiger partial charge < -0.3 is 10.1 Å². The molecule has 0 bridgehead atoms. The minimum absolute atomic E-state index is 0.0878. The molecule has 2 aromatic carbocycles. The molecule has 8 nitrogen and oxygen atoms in total. The third-order valence-electron chi connectivity index (χ3n) is 4.75. The maximum atomic E-state index is 12.3. The molecule has 4 rings (SSSR count). The highest BCUT2D eigenvalue weighted by molar-refractivity contribution is 7.99. The van der Waals surface area contributed by atoms with Crippen LogP contribution in [0.5, 0.6) is 0 Å². The molecule has 1 saturated heterocycles. The fourth-order valence-corrected chi connectivity index (χ4v) is 3.87. The maximum Gasteiger partial charge on any atom is 0.234 e. The molecule has 0 saturated carbocycles. The topological polar surface area (TPSA) is 85.2 Å². The van der Waals surface area contributed by atoms with E-state index in [1.165, 1.54) is 17.3 Å². The minimum Gasteiger partial charge on any atom is -0.379 e. The van der Waals surface area contributed by atoms with Gasteiger partial charge in [-0.25, -0.2) is 4.68 Å². The van der Waals surface area contributed by atoms with Gasteiger partial charge in [-0.05, 0) is 33.7 Å². The molecular formula is C21H24N6O2S. The molecule has 1 aliphatic heterocycles. The van der Waals surface area contributed by atoms with Crippen molar-refractivity contribution in [1.82, 2.24) is 25.1 Å². The molecule has 0 unspecified atom stereocenters. The Balaban J connectivity index is 1.25. The first-order valence-electron chi connectivity index (χ1n) is 9.88. The number of aromatic nitrogens is 4. The maximum absolute atomic E-state index is 12.3. The Bertz CT molecular complexity index is 942. The summed E-state index contributed by atoms with van der Waals surface area (Å²) in [7, 11) is 0. The molecule has 0 aliphatic carbocycles. The lowest BCUT2D eigenvalue weighted by atomic mass is 10.2. The Morgan fingerprint density at radius 3 is 2.50 bits per heavy atom. The molecule has 0 radical (unpaired) electrons. The van der Waals surface area contributed by atoms with Gasteiger partial charge in [0.05, 0.1) is 25.5 Å².